The van der Waals surface area contributed by atoms with Crippen LogP contribution in [0.2, 0.25) is 0 Å². The second kappa shape index (κ2) is 4.07. The second-order valence-corrected chi connectivity index (χ2v) is 5.51. The number of para-hydroxylation sites is 1. The quantitative estimate of drug-likeness (QED) is 0.592. The van der Waals surface area contributed by atoms with Gasteiger partial charge in [0.15, 0.2) is 0 Å². The van der Waals surface area contributed by atoms with Crippen LogP contribution in [0.25, 0.3) is 0 Å². The van der Waals surface area contributed by atoms with E-state index in [2.05, 4.69) is 0 Å². The Balaban J connectivity index is 2.36. The molecule has 0 radical (unpaired) electrons. The highest BCUT2D eigenvalue weighted by Crippen LogP contribution is 2.47. The minimum absolute atomic E-state index is 0.332. The van der Waals surface area contributed by atoms with E-state index in [-0.39, 0.29) is 0 Å². The van der Waals surface area contributed by atoms with Crippen molar-refractivity contribution in [3.63, 3.8) is 0 Å². The molecule has 0 aliphatic carbocycles. The summed E-state index contributed by atoms with van der Waals surface area (Å²) < 4.78 is 11.1. The van der Waals surface area contributed by atoms with Crippen molar-refractivity contribution in [3.05, 3.63) is 30.3 Å². The highest BCUT2D eigenvalue weighted by molar-refractivity contribution is 7.54. The van der Waals surface area contributed by atoms with Gasteiger partial charge in [0.25, 0.3) is 0 Å². The summed E-state index contributed by atoms with van der Waals surface area (Å²) in [5, 5.41) is 0. The van der Waals surface area contributed by atoms with E-state index < -0.39 is 31.5 Å². The van der Waals surface area contributed by atoms with Gasteiger partial charge < -0.3 is 9.79 Å². The first kappa shape index (κ1) is 12.0. The molecular formula is C10H10NO5P. The average Bonchev–Trinajstić information content (AvgIpc) is 2.55. The van der Waals surface area contributed by atoms with E-state index in [1.807, 2.05) is 0 Å². The molecule has 1 aliphatic rings. The van der Waals surface area contributed by atoms with Crippen LogP contribution in [-0.2, 0) is 14.2 Å². The molecule has 6 nitrogen and oxygen atoms in total. The number of imide groups is 1. The number of carbonyl (C=O) groups is 2. The maximum absolute atomic E-state index is 11.8. The number of amides is 2. The summed E-state index contributed by atoms with van der Waals surface area (Å²) in [6.07, 6.45) is -0.446. The molecule has 0 bridgehead atoms. The van der Waals surface area contributed by atoms with Crippen LogP contribution in [0.5, 0.6) is 0 Å². The third-order valence-corrected chi connectivity index (χ3v) is 3.76. The van der Waals surface area contributed by atoms with Gasteiger partial charge >= 0.3 is 7.60 Å². The van der Waals surface area contributed by atoms with Crippen LogP contribution >= 0.6 is 7.60 Å². The highest BCUT2D eigenvalue weighted by Gasteiger charge is 2.48. The van der Waals surface area contributed by atoms with Crippen LogP contribution in [0.1, 0.15) is 6.42 Å². The smallest absolute Gasteiger partial charge is 0.324 e. The summed E-state index contributed by atoms with van der Waals surface area (Å²) in [6, 6.07) is 8.08. The number of hydrogen-bond donors (Lipinski definition) is 2. The number of nitrogens with zero attached hydrogens (tertiary/aromatic N) is 1. The Morgan fingerprint density at radius 3 is 2.24 bits per heavy atom. The van der Waals surface area contributed by atoms with E-state index in [9.17, 15) is 14.2 Å². The summed E-state index contributed by atoms with van der Waals surface area (Å²) in [5.41, 5.74) is -1.21. The number of anilines is 1. The van der Waals surface area contributed by atoms with Crippen LogP contribution < -0.4 is 4.90 Å². The Bertz CT molecular complexity index is 509. The van der Waals surface area contributed by atoms with Crippen LogP contribution in [0.15, 0.2) is 30.3 Å². The van der Waals surface area contributed by atoms with Crippen molar-refractivity contribution < 1.29 is 23.9 Å². The van der Waals surface area contributed by atoms with Crippen molar-refractivity contribution in [2.24, 2.45) is 0 Å². The Hall–Kier alpha value is -1.49. The number of benzene rings is 1. The standard InChI is InChI=1S/C10H10NO5P/c12-9-6-8(17(14,15)16)10(13)11(9)7-4-2-1-3-5-7/h1-5,8H,6H2,(H2,14,15,16). The van der Waals surface area contributed by atoms with E-state index in [1.165, 1.54) is 12.1 Å². The number of hydrogen-bond acceptors (Lipinski definition) is 3. The molecule has 2 rings (SSSR count). The summed E-state index contributed by atoms with van der Waals surface area (Å²) in [6.45, 7) is 0. The second-order valence-electron chi connectivity index (χ2n) is 3.71. The van der Waals surface area contributed by atoms with Crippen molar-refractivity contribution in [3.8, 4) is 0 Å². The van der Waals surface area contributed by atoms with Gasteiger partial charge in [0, 0.05) is 0 Å². The van der Waals surface area contributed by atoms with Gasteiger partial charge in [-0.3, -0.25) is 14.2 Å². The van der Waals surface area contributed by atoms with E-state index >= 15 is 0 Å². The molecule has 1 atom stereocenters. The lowest BCUT2D eigenvalue weighted by molar-refractivity contribution is -0.121. The molecule has 1 unspecified atom stereocenters. The van der Waals surface area contributed by atoms with Crippen molar-refractivity contribution in [2.45, 2.75) is 12.1 Å². The molecule has 1 aromatic carbocycles. The topological polar surface area (TPSA) is 94.9 Å². The molecule has 0 saturated carbocycles. The van der Waals surface area contributed by atoms with Crippen LogP contribution in [0.3, 0.4) is 0 Å². The first-order valence-electron chi connectivity index (χ1n) is 4.88. The molecule has 1 fully saturated rings. The van der Waals surface area contributed by atoms with Crippen LogP contribution in [-0.4, -0.2) is 27.3 Å². The van der Waals surface area contributed by atoms with E-state index in [1.54, 1.807) is 18.2 Å². The summed E-state index contributed by atoms with van der Waals surface area (Å²) >= 11 is 0. The Labute approximate surface area is 97.0 Å². The summed E-state index contributed by atoms with van der Waals surface area (Å²) in [7, 11) is -4.58. The van der Waals surface area contributed by atoms with Gasteiger partial charge in [-0.15, -0.1) is 0 Å². The molecule has 90 valence electrons. The molecule has 1 heterocycles. The monoisotopic (exact) mass is 255 g/mol. The average molecular weight is 255 g/mol. The Morgan fingerprint density at radius 1 is 1.18 bits per heavy atom. The maximum atomic E-state index is 11.8. The van der Waals surface area contributed by atoms with Gasteiger partial charge in [-0.25, -0.2) is 4.90 Å². The fourth-order valence-corrected chi connectivity index (χ4v) is 2.52. The van der Waals surface area contributed by atoms with E-state index in [4.69, 9.17) is 9.79 Å². The molecule has 7 heteroatoms. The van der Waals surface area contributed by atoms with Crippen LogP contribution in [0.4, 0.5) is 5.69 Å². The lowest BCUT2D eigenvalue weighted by atomic mass is 10.3. The zero-order valence-corrected chi connectivity index (χ0v) is 9.58. The van der Waals surface area contributed by atoms with Gasteiger partial charge in [0.2, 0.25) is 11.8 Å². The van der Waals surface area contributed by atoms with Crippen LogP contribution in [0, 0.1) is 0 Å². The van der Waals surface area contributed by atoms with Gasteiger partial charge in [-0.1, -0.05) is 18.2 Å². The maximum Gasteiger partial charge on any atom is 0.338 e. The number of rotatable bonds is 2. The molecular weight excluding hydrogens is 245 g/mol. The molecule has 2 N–H and O–H groups in total. The predicted octanol–water partition coefficient (Wildman–Crippen LogP) is 0.496. The van der Waals surface area contributed by atoms with Gasteiger partial charge in [-0.2, -0.15) is 0 Å². The normalized spacial score (nSPS) is 21.1. The largest absolute Gasteiger partial charge is 0.338 e. The molecule has 2 amide bonds. The zero-order valence-electron chi connectivity index (χ0n) is 8.68. The first-order valence-corrected chi connectivity index (χ1v) is 6.56. The summed E-state index contributed by atoms with van der Waals surface area (Å²) in [5.74, 6) is -1.43. The van der Waals surface area contributed by atoms with Crippen molar-refractivity contribution in [1.82, 2.24) is 0 Å². The van der Waals surface area contributed by atoms with Crippen molar-refractivity contribution in [1.29, 1.82) is 0 Å². The van der Waals surface area contributed by atoms with Gasteiger partial charge in [0.1, 0.15) is 5.66 Å². The lowest BCUT2D eigenvalue weighted by Gasteiger charge is -2.15. The van der Waals surface area contributed by atoms with Crippen molar-refractivity contribution in [2.75, 3.05) is 4.90 Å². The molecule has 1 aliphatic heterocycles. The highest BCUT2D eigenvalue weighted by atomic mass is 31.2. The minimum Gasteiger partial charge on any atom is -0.324 e. The van der Waals surface area contributed by atoms with Gasteiger partial charge in [0.05, 0.1) is 12.1 Å². The SMILES string of the molecule is O=C1CC(P(=O)(O)O)C(=O)N1c1ccccc1. The fourth-order valence-electron chi connectivity index (χ4n) is 1.73. The van der Waals surface area contributed by atoms with Gasteiger partial charge in [-0.05, 0) is 12.1 Å². The zero-order chi connectivity index (χ0) is 12.6. The predicted molar refractivity (Wildman–Crippen MR) is 59.4 cm³/mol. The Kier molecular flexibility index (Phi) is 2.87. The number of carbonyl (C=O) groups excluding carboxylic acids is 2. The Morgan fingerprint density at radius 2 is 1.76 bits per heavy atom. The molecule has 1 aromatic rings. The first-order chi connectivity index (χ1) is 7.91. The lowest BCUT2D eigenvalue weighted by Crippen LogP contribution is -2.31. The molecule has 0 spiro atoms. The summed E-state index contributed by atoms with van der Waals surface area (Å²) in [4.78, 5) is 42.2. The molecule has 1 saturated heterocycles. The molecule has 0 aromatic heterocycles. The third-order valence-electron chi connectivity index (χ3n) is 2.54. The fraction of sp³-hybridized carbons (Fsp3) is 0.200. The third kappa shape index (κ3) is 2.15. The minimum atomic E-state index is -4.58. The van der Waals surface area contributed by atoms with E-state index in [0.717, 1.165) is 4.90 Å². The molecule has 17 heavy (non-hydrogen) atoms. The van der Waals surface area contributed by atoms with E-state index in [0.29, 0.717) is 5.69 Å². The van der Waals surface area contributed by atoms with Crippen molar-refractivity contribution >= 4 is 25.1 Å².